The first-order chi connectivity index (χ1) is 5.73. The minimum absolute atomic E-state index is 0.610. The van der Waals surface area contributed by atoms with Crippen molar-refractivity contribution >= 4 is 18.9 Å². The van der Waals surface area contributed by atoms with E-state index in [1.807, 2.05) is 37.3 Å². The quantitative estimate of drug-likeness (QED) is 0.558. The fourth-order valence-electron chi connectivity index (χ4n) is 1.08. The van der Waals surface area contributed by atoms with Crippen LogP contribution in [0.5, 0.6) is 0 Å². The molecule has 1 aromatic carbocycles. The van der Waals surface area contributed by atoms with Crippen molar-refractivity contribution in [2.45, 2.75) is 18.1 Å². The van der Waals surface area contributed by atoms with Gasteiger partial charge in [0.05, 0.1) is 4.75 Å². The summed E-state index contributed by atoms with van der Waals surface area (Å²) in [7, 11) is 0. The predicted molar refractivity (Wildman–Crippen MR) is 53.5 cm³/mol. The Morgan fingerprint density at radius 3 is 2.42 bits per heavy atom. The molecule has 0 N–H and O–H groups in total. The van der Waals surface area contributed by atoms with Crippen LogP contribution in [0.15, 0.2) is 30.3 Å². The molecule has 0 radical (unpaired) electrons. The predicted octanol–water partition coefficient (Wildman–Crippen LogP) is 2.42. The maximum atomic E-state index is 10.8. The standard InChI is InChI=1S/C10H12OS/c1-2-10(12,8-11)9-6-4-3-5-7-9/h3-8,12H,2H2,1H3. The largest absolute Gasteiger partial charge is 0.301 e. The summed E-state index contributed by atoms with van der Waals surface area (Å²) in [5.74, 6) is 0. The Hall–Kier alpha value is -0.760. The van der Waals surface area contributed by atoms with Gasteiger partial charge >= 0.3 is 0 Å². The van der Waals surface area contributed by atoms with Crippen molar-refractivity contribution in [3.8, 4) is 0 Å². The fraction of sp³-hybridized carbons (Fsp3) is 0.300. The minimum Gasteiger partial charge on any atom is -0.301 e. The van der Waals surface area contributed by atoms with Crippen LogP contribution in [0.25, 0.3) is 0 Å². The molecule has 0 bridgehead atoms. The lowest BCUT2D eigenvalue weighted by molar-refractivity contribution is -0.110. The van der Waals surface area contributed by atoms with Gasteiger partial charge < -0.3 is 4.79 Å². The van der Waals surface area contributed by atoms with Gasteiger partial charge in [0.1, 0.15) is 6.29 Å². The highest BCUT2D eigenvalue weighted by Gasteiger charge is 2.24. The molecule has 1 unspecified atom stereocenters. The third-order valence-corrected chi connectivity index (χ3v) is 2.69. The third kappa shape index (κ3) is 1.69. The molecule has 0 aliphatic rings. The van der Waals surface area contributed by atoms with Crippen molar-refractivity contribution in [3.05, 3.63) is 35.9 Å². The maximum absolute atomic E-state index is 10.8. The van der Waals surface area contributed by atoms with Gasteiger partial charge in [-0.1, -0.05) is 37.3 Å². The number of aldehydes is 1. The molecule has 0 amide bonds. The van der Waals surface area contributed by atoms with Gasteiger partial charge in [-0.3, -0.25) is 0 Å². The smallest absolute Gasteiger partial charge is 0.140 e. The zero-order valence-electron chi connectivity index (χ0n) is 7.03. The van der Waals surface area contributed by atoms with Crippen LogP contribution in [0, 0.1) is 0 Å². The van der Waals surface area contributed by atoms with Crippen molar-refractivity contribution in [1.82, 2.24) is 0 Å². The van der Waals surface area contributed by atoms with Crippen LogP contribution in [0.2, 0.25) is 0 Å². The van der Waals surface area contributed by atoms with E-state index in [0.717, 1.165) is 11.8 Å². The van der Waals surface area contributed by atoms with Crippen molar-refractivity contribution < 1.29 is 4.79 Å². The van der Waals surface area contributed by atoms with Crippen molar-refractivity contribution in [2.75, 3.05) is 0 Å². The van der Waals surface area contributed by atoms with Gasteiger partial charge in [0, 0.05) is 0 Å². The second-order valence-corrected chi connectivity index (χ2v) is 3.56. The van der Waals surface area contributed by atoms with Crippen molar-refractivity contribution in [1.29, 1.82) is 0 Å². The Labute approximate surface area is 78.2 Å². The van der Waals surface area contributed by atoms with Gasteiger partial charge in [-0.2, -0.15) is 12.6 Å². The van der Waals surface area contributed by atoms with Crippen LogP contribution in [-0.4, -0.2) is 6.29 Å². The van der Waals surface area contributed by atoms with Crippen molar-refractivity contribution in [3.63, 3.8) is 0 Å². The second kappa shape index (κ2) is 3.76. The van der Waals surface area contributed by atoms with E-state index in [2.05, 4.69) is 12.6 Å². The van der Waals surface area contributed by atoms with E-state index in [1.54, 1.807) is 0 Å². The van der Waals surface area contributed by atoms with Crippen LogP contribution in [0.4, 0.5) is 0 Å². The average Bonchev–Trinajstić information content (AvgIpc) is 2.18. The van der Waals surface area contributed by atoms with Crippen LogP contribution in [-0.2, 0) is 9.54 Å². The summed E-state index contributed by atoms with van der Waals surface area (Å²) in [5, 5.41) is 0. The van der Waals surface area contributed by atoms with Crippen molar-refractivity contribution in [2.24, 2.45) is 0 Å². The highest BCUT2D eigenvalue weighted by atomic mass is 32.1. The van der Waals surface area contributed by atoms with Gasteiger partial charge in [-0.05, 0) is 12.0 Å². The summed E-state index contributed by atoms with van der Waals surface area (Å²) in [5.41, 5.74) is 0.964. The van der Waals surface area contributed by atoms with E-state index in [9.17, 15) is 4.79 Å². The maximum Gasteiger partial charge on any atom is 0.140 e. The monoisotopic (exact) mass is 180 g/mol. The lowest BCUT2D eigenvalue weighted by Crippen LogP contribution is -2.18. The van der Waals surface area contributed by atoms with Gasteiger partial charge in [0.25, 0.3) is 0 Å². The molecule has 0 spiro atoms. The molecule has 1 rings (SSSR count). The van der Waals surface area contributed by atoms with Gasteiger partial charge in [-0.15, -0.1) is 0 Å². The normalized spacial score (nSPS) is 15.2. The zero-order chi connectivity index (χ0) is 9.03. The van der Waals surface area contributed by atoms with Crippen LogP contribution in [0.1, 0.15) is 18.9 Å². The summed E-state index contributed by atoms with van der Waals surface area (Å²) in [6, 6.07) is 9.60. The first kappa shape index (κ1) is 9.33. The molecular weight excluding hydrogens is 168 g/mol. The SMILES string of the molecule is CCC(S)(C=O)c1ccccc1. The molecule has 0 heterocycles. The molecule has 12 heavy (non-hydrogen) atoms. The molecule has 0 aliphatic heterocycles. The summed E-state index contributed by atoms with van der Waals surface area (Å²) in [6.07, 6.45) is 1.61. The van der Waals surface area contributed by atoms with E-state index in [0.29, 0.717) is 6.42 Å². The molecule has 1 atom stereocenters. The molecule has 1 aromatic rings. The summed E-state index contributed by atoms with van der Waals surface area (Å²) >= 11 is 4.34. The number of hydrogen-bond donors (Lipinski definition) is 1. The number of thiol groups is 1. The van der Waals surface area contributed by atoms with E-state index in [-0.39, 0.29) is 0 Å². The molecule has 64 valence electrons. The van der Waals surface area contributed by atoms with E-state index < -0.39 is 4.75 Å². The number of hydrogen-bond acceptors (Lipinski definition) is 2. The lowest BCUT2D eigenvalue weighted by Gasteiger charge is -2.19. The first-order valence-corrected chi connectivity index (χ1v) is 4.42. The highest BCUT2D eigenvalue weighted by Crippen LogP contribution is 2.29. The van der Waals surface area contributed by atoms with E-state index in [4.69, 9.17) is 0 Å². The topological polar surface area (TPSA) is 17.1 Å². The molecule has 0 saturated carbocycles. The van der Waals surface area contributed by atoms with E-state index in [1.165, 1.54) is 0 Å². The summed E-state index contributed by atoms with van der Waals surface area (Å²) < 4.78 is -0.610. The van der Waals surface area contributed by atoms with Crippen LogP contribution in [0.3, 0.4) is 0 Å². The number of carbonyl (C=O) groups excluding carboxylic acids is 1. The Kier molecular flexibility index (Phi) is 2.93. The average molecular weight is 180 g/mol. The van der Waals surface area contributed by atoms with Gasteiger partial charge in [0.15, 0.2) is 0 Å². The Morgan fingerprint density at radius 2 is 2.00 bits per heavy atom. The fourth-order valence-corrected chi connectivity index (χ4v) is 1.23. The first-order valence-electron chi connectivity index (χ1n) is 3.97. The second-order valence-electron chi connectivity index (χ2n) is 2.76. The van der Waals surface area contributed by atoms with E-state index >= 15 is 0 Å². The number of benzene rings is 1. The molecule has 1 nitrogen and oxygen atoms in total. The number of rotatable bonds is 3. The Morgan fingerprint density at radius 1 is 1.42 bits per heavy atom. The van der Waals surface area contributed by atoms with Gasteiger partial charge in [-0.25, -0.2) is 0 Å². The third-order valence-electron chi connectivity index (χ3n) is 2.01. The Bertz CT molecular complexity index is 258. The summed E-state index contributed by atoms with van der Waals surface area (Å²) in [6.45, 7) is 1.95. The van der Waals surface area contributed by atoms with Crippen LogP contribution < -0.4 is 0 Å². The molecular formula is C10H12OS. The summed E-state index contributed by atoms with van der Waals surface area (Å²) in [4.78, 5) is 10.8. The van der Waals surface area contributed by atoms with Gasteiger partial charge in [0.2, 0.25) is 0 Å². The molecule has 0 fully saturated rings. The lowest BCUT2D eigenvalue weighted by atomic mass is 9.97. The minimum atomic E-state index is -0.610. The molecule has 0 aliphatic carbocycles. The van der Waals surface area contributed by atoms with Crippen LogP contribution >= 0.6 is 12.6 Å². The number of carbonyl (C=O) groups is 1. The molecule has 0 aromatic heterocycles. The molecule has 2 heteroatoms. The molecule has 0 saturated heterocycles. The Balaban J connectivity index is 3.03. The zero-order valence-corrected chi connectivity index (χ0v) is 7.92. The highest BCUT2D eigenvalue weighted by molar-refractivity contribution is 7.82.